The lowest BCUT2D eigenvalue weighted by atomic mass is 9.86. The molecule has 0 N–H and O–H groups in total. The highest BCUT2D eigenvalue weighted by atomic mass is 32.2. The van der Waals surface area contributed by atoms with E-state index in [9.17, 15) is 14.4 Å². The van der Waals surface area contributed by atoms with Gasteiger partial charge in [0.1, 0.15) is 5.37 Å². The first-order valence-electron chi connectivity index (χ1n) is 14.8. The predicted molar refractivity (Wildman–Crippen MR) is 181 cm³/mol. The molecule has 2 aromatic carbocycles. The maximum atomic E-state index is 13.7. The van der Waals surface area contributed by atoms with Gasteiger partial charge in [0.2, 0.25) is 0 Å². The molecule has 12 heteroatoms. The number of carbonyl (C=O) groups excluding carboxylic acids is 2. The van der Waals surface area contributed by atoms with Gasteiger partial charge < -0.3 is 9.16 Å². The van der Waals surface area contributed by atoms with Crippen LogP contribution in [0.4, 0.5) is 0 Å². The number of hydrogen-bond acceptors (Lipinski definition) is 9. The topological polar surface area (TPSA) is 104 Å². The first-order chi connectivity index (χ1) is 21.1. The number of aryl methyl sites for hydroxylation is 1. The summed E-state index contributed by atoms with van der Waals surface area (Å²) in [6.45, 7) is 13.8. The van der Waals surface area contributed by atoms with Crippen LogP contribution in [-0.4, -0.2) is 62.8 Å². The molecule has 0 spiro atoms. The number of β-lactam (4-membered cyclic amide) rings is 1. The Kier molecular flexibility index (Phi) is 8.99. The zero-order valence-corrected chi connectivity index (χ0v) is 29.8. The number of allylic oxidation sites excluding steroid dienone is 1. The van der Waals surface area contributed by atoms with E-state index in [-0.39, 0.29) is 32.6 Å². The predicted octanol–water partition coefficient (Wildman–Crippen LogP) is 4.35. The molecule has 0 aliphatic carbocycles. The molecule has 0 radical (unpaired) electrons. The molecular weight excluding hydrogens is 625 g/mol. The van der Waals surface area contributed by atoms with Crippen LogP contribution in [0.15, 0.2) is 81.9 Å². The summed E-state index contributed by atoms with van der Waals surface area (Å²) in [4.78, 5) is 46.2. The highest BCUT2D eigenvalue weighted by Gasteiger charge is 2.56. The number of benzene rings is 2. The molecule has 1 unspecified atom stereocenters. The Hall–Kier alpha value is -3.19. The van der Waals surface area contributed by atoms with Crippen LogP contribution < -0.4 is 20.4 Å². The second-order valence-corrected chi connectivity index (χ2v) is 20.2. The van der Waals surface area contributed by atoms with E-state index in [2.05, 4.69) is 55.1 Å². The number of nitrogens with zero attached hydrogens (tertiary/aromatic N) is 4. The van der Waals surface area contributed by atoms with Gasteiger partial charge in [-0.1, -0.05) is 114 Å². The van der Waals surface area contributed by atoms with E-state index >= 15 is 0 Å². The molecule has 1 fully saturated rings. The van der Waals surface area contributed by atoms with Crippen molar-refractivity contribution in [1.82, 2.24) is 19.7 Å². The number of Topliss-reactive ketones (excluding diaryl/α,β-unsaturated/α-hetero) is 1. The molecule has 238 valence electrons. The first kappa shape index (κ1) is 33.2. The molecule has 1 aromatic heterocycles. The Morgan fingerprint density at radius 2 is 1.51 bits per heavy atom. The van der Waals surface area contributed by atoms with E-state index in [1.54, 1.807) is 16.6 Å². The van der Waals surface area contributed by atoms with E-state index in [0.717, 1.165) is 15.9 Å². The summed E-state index contributed by atoms with van der Waals surface area (Å²) in [5.41, 5.74) is -0.117. The van der Waals surface area contributed by atoms with Gasteiger partial charge in [0.05, 0.1) is 10.3 Å². The van der Waals surface area contributed by atoms with Crippen molar-refractivity contribution < 1.29 is 18.8 Å². The molecule has 3 aromatic rings. The molecule has 9 nitrogen and oxygen atoms in total. The number of methoxy groups -OCH3 is 1. The fourth-order valence-electron chi connectivity index (χ4n) is 5.80. The van der Waals surface area contributed by atoms with Crippen LogP contribution >= 0.6 is 23.5 Å². The van der Waals surface area contributed by atoms with Crippen LogP contribution in [0.2, 0.25) is 5.04 Å². The molecule has 1 amide bonds. The molecule has 45 heavy (non-hydrogen) atoms. The smallest absolute Gasteiger partial charge is 0.335 e. The van der Waals surface area contributed by atoms with Gasteiger partial charge in [-0.3, -0.25) is 19.3 Å². The number of hydrogen-bond donors (Lipinski definition) is 0. The van der Waals surface area contributed by atoms with Crippen molar-refractivity contribution in [2.75, 3.05) is 7.11 Å². The number of fused-ring (bicyclic) bond motifs is 1. The minimum absolute atomic E-state index is 0.0569. The van der Waals surface area contributed by atoms with Crippen LogP contribution in [0.5, 0.6) is 5.88 Å². The third-order valence-electron chi connectivity index (χ3n) is 8.15. The van der Waals surface area contributed by atoms with Gasteiger partial charge in [-0.25, -0.2) is 4.68 Å². The summed E-state index contributed by atoms with van der Waals surface area (Å²) in [5.74, 6) is -0.395. The normalized spacial score (nSPS) is 20.5. The van der Waals surface area contributed by atoms with Crippen LogP contribution in [0.1, 0.15) is 48.5 Å². The highest BCUT2D eigenvalue weighted by Crippen LogP contribution is 2.50. The van der Waals surface area contributed by atoms with Gasteiger partial charge in [0.25, 0.3) is 11.8 Å². The Labute approximate surface area is 273 Å². The first-order valence-corrected chi connectivity index (χ1v) is 18.5. The van der Waals surface area contributed by atoms with Crippen molar-refractivity contribution >= 4 is 53.9 Å². The maximum Gasteiger partial charge on any atom is 0.335 e. The van der Waals surface area contributed by atoms with E-state index in [4.69, 9.17) is 9.16 Å². The van der Waals surface area contributed by atoms with Crippen molar-refractivity contribution in [2.24, 2.45) is 12.5 Å². The molecule has 3 heterocycles. The molecule has 5 rings (SSSR count). The van der Waals surface area contributed by atoms with E-state index in [1.165, 1.54) is 30.6 Å². The van der Waals surface area contributed by atoms with E-state index in [1.807, 2.05) is 64.1 Å². The average Bonchev–Trinajstić information content (AvgIpc) is 2.98. The second-order valence-electron chi connectivity index (χ2n) is 13.3. The number of aromatic nitrogens is 3. The lowest BCUT2D eigenvalue weighted by Gasteiger charge is -2.51. The van der Waals surface area contributed by atoms with Crippen LogP contribution in [-0.2, 0) is 21.4 Å². The van der Waals surface area contributed by atoms with Crippen molar-refractivity contribution in [3.05, 3.63) is 82.3 Å². The van der Waals surface area contributed by atoms with Crippen LogP contribution in [0.25, 0.3) is 0 Å². The van der Waals surface area contributed by atoms with Gasteiger partial charge in [-0.15, -0.1) is 16.9 Å². The van der Waals surface area contributed by atoms with E-state index < -0.39 is 25.4 Å². The van der Waals surface area contributed by atoms with Crippen LogP contribution in [0, 0.1) is 5.41 Å². The SMILES string of the molecule is CO[C@H]1C(=O)N2C(C(=O)C(C)(C)C)=C(C)C(Sc3nc(=O)c(O[Si](c4ccccc4)(c4ccccc4)C(C)(C)C)nn3C)S[C@H]12. The second kappa shape index (κ2) is 12.2. The monoisotopic (exact) mass is 664 g/mol. The Bertz CT molecular complexity index is 1660. The number of ketones is 1. The lowest BCUT2D eigenvalue weighted by Crippen LogP contribution is -2.69. The molecule has 3 atom stereocenters. The van der Waals surface area contributed by atoms with Crippen molar-refractivity contribution in [1.29, 1.82) is 0 Å². The van der Waals surface area contributed by atoms with Crippen LogP contribution in [0.3, 0.4) is 0 Å². The van der Waals surface area contributed by atoms with Gasteiger partial charge in [0.15, 0.2) is 17.0 Å². The number of carbonyl (C=O) groups is 2. The number of rotatable bonds is 8. The van der Waals surface area contributed by atoms with Gasteiger partial charge in [-0.05, 0) is 27.9 Å². The Morgan fingerprint density at radius 1 is 0.956 bits per heavy atom. The molecule has 0 saturated carbocycles. The summed E-state index contributed by atoms with van der Waals surface area (Å²) in [7, 11) is 0.127. The average molecular weight is 665 g/mol. The molecule has 1 saturated heterocycles. The van der Waals surface area contributed by atoms with Crippen molar-refractivity contribution in [2.45, 2.75) is 74.7 Å². The summed E-state index contributed by atoms with van der Waals surface area (Å²) in [5, 5.41) is 6.35. The quantitative estimate of drug-likeness (QED) is 0.257. The zero-order chi connectivity index (χ0) is 32.9. The number of ether oxygens (including phenoxy) is 1. The molecule has 2 aliphatic heterocycles. The molecule has 0 bridgehead atoms. The summed E-state index contributed by atoms with van der Waals surface area (Å²) >= 11 is 2.83. The van der Waals surface area contributed by atoms with Gasteiger partial charge >= 0.3 is 13.9 Å². The molecule has 2 aliphatic rings. The standard InChI is InChI=1S/C33H40N4O5S2Si/c1-20-23(25(38)32(2,3)4)37-28(40)24(41-9)29(37)43-30(20)44-31-34-26(39)27(35-36(31)8)42-45(33(5,6)7,21-16-12-10-13-17-21)22-18-14-11-15-19-22/h10-19,24,29-30H,1-9H3/t24-,29+,30?/m0/s1. The summed E-state index contributed by atoms with van der Waals surface area (Å²) < 4.78 is 13.6. The lowest BCUT2D eigenvalue weighted by molar-refractivity contribution is -0.160. The fraction of sp³-hybridized carbons (Fsp3) is 0.424. The summed E-state index contributed by atoms with van der Waals surface area (Å²) in [6.07, 6.45) is -0.647. The Morgan fingerprint density at radius 3 is 2.00 bits per heavy atom. The van der Waals surface area contributed by atoms with E-state index in [0.29, 0.717) is 10.9 Å². The fourth-order valence-corrected chi connectivity index (χ4v) is 13.1. The third-order valence-corrected chi connectivity index (χ3v) is 16.2. The largest absolute Gasteiger partial charge is 0.516 e. The maximum absolute atomic E-state index is 13.7. The molecular formula is C33H40N4O5S2Si. The number of thioether (sulfide) groups is 2. The zero-order valence-electron chi connectivity index (χ0n) is 27.2. The Balaban J connectivity index is 1.55. The highest BCUT2D eigenvalue weighted by molar-refractivity contribution is 8.17. The van der Waals surface area contributed by atoms with Crippen molar-refractivity contribution in [3.8, 4) is 5.88 Å². The minimum atomic E-state index is -3.11. The van der Waals surface area contributed by atoms with Crippen molar-refractivity contribution in [3.63, 3.8) is 0 Å². The summed E-state index contributed by atoms with van der Waals surface area (Å²) in [6, 6.07) is 20.1. The number of amides is 1. The van der Waals surface area contributed by atoms with Gasteiger partial charge in [-0.2, -0.15) is 4.98 Å². The minimum Gasteiger partial charge on any atom is -0.516 e. The van der Waals surface area contributed by atoms with Gasteiger partial charge in [0, 0.05) is 19.6 Å². The third kappa shape index (κ3) is 5.81.